The van der Waals surface area contributed by atoms with Gasteiger partial charge in [-0.1, -0.05) is 0 Å². The van der Waals surface area contributed by atoms with E-state index in [1.54, 1.807) is 0 Å². The number of aromatic carboxylic acids is 2. The average molecular weight is 342 g/mol. The number of hydrogen-bond donors (Lipinski definition) is 2. The van der Waals surface area contributed by atoms with Crippen LogP contribution in [0, 0.1) is 0 Å². The highest BCUT2D eigenvalue weighted by Gasteiger charge is 2.08. The van der Waals surface area contributed by atoms with Crippen molar-refractivity contribution in [1.82, 2.24) is 0 Å². The highest BCUT2D eigenvalue weighted by Crippen LogP contribution is 2.03. The van der Waals surface area contributed by atoms with Gasteiger partial charge in [0.05, 0.1) is 36.5 Å². The maximum absolute atomic E-state index is 10.3. The molecule has 3 rings (SSSR count). The van der Waals surface area contributed by atoms with Gasteiger partial charge in [0, 0.05) is 0 Å². The molecule has 2 aliphatic rings. The van der Waals surface area contributed by atoms with Crippen LogP contribution in [0.5, 0.6) is 0 Å². The Morgan fingerprint density at radius 3 is 1.29 bits per heavy atom. The van der Waals surface area contributed by atoms with Crippen LogP contribution in [0.2, 0.25) is 0 Å². The Balaban J connectivity index is 0.000000200. The summed E-state index contributed by atoms with van der Waals surface area (Å²) in [6, 6.07) is 5.02. The predicted octanol–water partition coefficient (Wildman–Crippen LogP) is 1.84. The summed E-state index contributed by atoms with van der Waals surface area (Å²) in [5, 5.41) is 16.9. The Kier molecular flexibility index (Phi) is 8.95. The third-order valence-electron chi connectivity index (χ3n) is 2.96. The van der Waals surface area contributed by atoms with Crippen molar-refractivity contribution in [2.75, 3.05) is 26.8 Å². The third-order valence-corrected chi connectivity index (χ3v) is 2.96. The average Bonchev–Trinajstić information content (AvgIpc) is 3.22. The second kappa shape index (κ2) is 10.7. The SMILES string of the molecule is CC1COCO1.CC1COCO1.O=C(O)c1ccc(C(=O)O)cc1. The molecule has 8 nitrogen and oxygen atoms in total. The molecule has 2 aliphatic heterocycles. The number of ether oxygens (including phenoxy) is 4. The smallest absolute Gasteiger partial charge is 0.335 e. The molecule has 24 heavy (non-hydrogen) atoms. The summed E-state index contributed by atoms with van der Waals surface area (Å²) in [6.07, 6.45) is 0.648. The largest absolute Gasteiger partial charge is 0.478 e. The lowest BCUT2D eigenvalue weighted by Crippen LogP contribution is -2.00. The molecule has 2 unspecified atom stereocenters. The van der Waals surface area contributed by atoms with E-state index in [-0.39, 0.29) is 11.1 Å². The number of hydrogen-bond acceptors (Lipinski definition) is 6. The first-order valence-corrected chi connectivity index (χ1v) is 7.35. The van der Waals surface area contributed by atoms with Gasteiger partial charge in [-0.15, -0.1) is 0 Å². The minimum atomic E-state index is -1.06. The lowest BCUT2D eigenvalue weighted by atomic mass is 10.1. The number of rotatable bonds is 2. The van der Waals surface area contributed by atoms with Gasteiger partial charge in [-0.2, -0.15) is 0 Å². The fourth-order valence-corrected chi connectivity index (χ4v) is 1.61. The van der Waals surface area contributed by atoms with E-state index in [0.717, 1.165) is 13.2 Å². The second-order valence-electron chi connectivity index (χ2n) is 5.12. The van der Waals surface area contributed by atoms with Crippen molar-refractivity contribution < 1.29 is 38.7 Å². The second-order valence-corrected chi connectivity index (χ2v) is 5.12. The fraction of sp³-hybridized carbons (Fsp3) is 0.500. The molecule has 0 spiro atoms. The van der Waals surface area contributed by atoms with E-state index >= 15 is 0 Å². The Morgan fingerprint density at radius 1 is 0.833 bits per heavy atom. The number of carboxylic acids is 2. The van der Waals surface area contributed by atoms with Gasteiger partial charge >= 0.3 is 11.9 Å². The van der Waals surface area contributed by atoms with Gasteiger partial charge in [-0.05, 0) is 38.1 Å². The van der Waals surface area contributed by atoms with Crippen molar-refractivity contribution in [2.24, 2.45) is 0 Å². The standard InChI is InChI=1S/C8H6O4.2C4H8O2/c9-7(10)5-1-2-6(4-3-5)8(11)12;2*1-4-2-5-3-6-4/h1-4H,(H,9,10)(H,11,12);2*4H,2-3H2,1H3. The molecule has 2 fully saturated rings. The summed E-state index contributed by atoms with van der Waals surface area (Å²) in [4.78, 5) is 20.7. The zero-order chi connectivity index (χ0) is 17.9. The van der Waals surface area contributed by atoms with Crippen molar-refractivity contribution in [2.45, 2.75) is 26.1 Å². The number of carbonyl (C=O) groups is 2. The van der Waals surface area contributed by atoms with E-state index in [9.17, 15) is 9.59 Å². The molecule has 134 valence electrons. The number of carboxylic acid groups (broad SMARTS) is 2. The molecule has 0 aromatic heterocycles. The van der Waals surface area contributed by atoms with E-state index in [0.29, 0.717) is 25.8 Å². The summed E-state index contributed by atoms with van der Waals surface area (Å²) in [5.74, 6) is -2.13. The molecule has 1 aromatic carbocycles. The monoisotopic (exact) mass is 342 g/mol. The molecule has 8 heteroatoms. The topological polar surface area (TPSA) is 112 Å². The lowest BCUT2D eigenvalue weighted by Gasteiger charge is -1.94. The van der Waals surface area contributed by atoms with Crippen molar-refractivity contribution in [3.05, 3.63) is 35.4 Å². The van der Waals surface area contributed by atoms with Gasteiger partial charge in [0.2, 0.25) is 0 Å². The third kappa shape index (κ3) is 8.02. The quantitative estimate of drug-likeness (QED) is 0.837. The first-order valence-electron chi connectivity index (χ1n) is 7.35. The highest BCUT2D eigenvalue weighted by molar-refractivity contribution is 5.91. The predicted molar refractivity (Wildman–Crippen MR) is 83.1 cm³/mol. The molecular formula is C16H22O8. The summed E-state index contributed by atoms with van der Waals surface area (Å²) in [5.41, 5.74) is 0.167. The maximum atomic E-state index is 10.3. The van der Waals surface area contributed by atoms with E-state index in [4.69, 9.17) is 29.2 Å². The van der Waals surface area contributed by atoms with Crippen LogP contribution in [0.4, 0.5) is 0 Å². The van der Waals surface area contributed by atoms with Gasteiger partial charge < -0.3 is 29.2 Å². The van der Waals surface area contributed by atoms with Crippen molar-refractivity contribution >= 4 is 11.9 Å². The molecule has 0 saturated carbocycles. The maximum Gasteiger partial charge on any atom is 0.335 e. The first-order chi connectivity index (χ1) is 11.4. The van der Waals surface area contributed by atoms with Crippen LogP contribution >= 0.6 is 0 Å². The van der Waals surface area contributed by atoms with Gasteiger partial charge in [0.15, 0.2) is 0 Å². The fourth-order valence-electron chi connectivity index (χ4n) is 1.61. The van der Waals surface area contributed by atoms with Crippen molar-refractivity contribution in [3.8, 4) is 0 Å². The van der Waals surface area contributed by atoms with Crippen molar-refractivity contribution in [3.63, 3.8) is 0 Å². The molecule has 0 radical (unpaired) electrons. The molecule has 0 bridgehead atoms. The summed E-state index contributed by atoms with van der Waals surface area (Å²) in [7, 11) is 0. The van der Waals surface area contributed by atoms with Crippen LogP contribution in [-0.4, -0.2) is 61.2 Å². The molecule has 2 heterocycles. The van der Waals surface area contributed by atoms with Crippen LogP contribution in [0.25, 0.3) is 0 Å². The van der Waals surface area contributed by atoms with E-state index in [2.05, 4.69) is 0 Å². The normalized spacial score (nSPS) is 21.9. The molecule has 2 N–H and O–H groups in total. The Morgan fingerprint density at radius 2 is 1.17 bits per heavy atom. The van der Waals surface area contributed by atoms with E-state index < -0.39 is 11.9 Å². The highest BCUT2D eigenvalue weighted by atomic mass is 16.7. The molecule has 0 amide bonds. The molecule has 2 atom stereocenters. The van der Waals surface area contributed by atoms with Crippen LogP contribution in [0.3, 0.4) is 0 Å². The zero-order valence-electron chi connectivity index (χ0n) is 13.6. The number of benzene rings is 1. The molecular weight excluding hydrogens is 320 g/mol. The molecule has 2 saturated heterocycles. The summed E-state index contributed by atoms with van der Waals surface area (Å²) >= 11 is 0. The minimum absolute atomic E-state index is 0.0833. The summed E-state index contributed by atoms with van der Waals surface area (Å²) < 4.78 is 19.5. The van der Waals surface area contributed by atoms with Crippen LogP contribution in [-0.2, 0) is 18.9 Å². The Bertz CT molecular complexity index is 454. The first kappa shape index (κ1) is 20.0. The van der Waals surface area contributed by atoms with Crippen LogP contribution in [0.1, 0.15) is 34.6 Å². The molecule has 0 aliphatic carbocycles. The summed E-state index contributed by atoms with van der Waals surface area (Å²) in [6.45, 7) is 6.49. The van der Waals surface area contributed by atoms with Gasteiger partial charge in [0.1, 0.15) is 13.6 Å². The lowest BCUT2D eigenvalue weighted by molar-refractivity contribution is 0.0512. The van der Waals surface area contributed by atoms with Crippen molar-refractivity contribution in [1.29, 1.82) is 0 Å². The van der Waals surface area contributed by atoms with Gasteiger partial charge in [-0.25, -0.2) is 9.59 Å². The Hall–Kier alpha value is -2.00. The van der Waals surface area contributed by atoms with Crippen LogP contribution < -0.4 is 0 Å². The van der Waals surface area contributed by atoms with Crippen LogP contribution in [0.15, 0.2) is 24.3 Å². The van der Waals surface area contributed by atoms with Gasteiger partial charge in [0.25, 0.3) is 0 Å². The Labute approximate surface area is 139 Å². The zero-order valence-corrected chi connectivity index (χ0v) is 13.6. The van der Waals surface area contributed by atoms with E-state index in [1.165, 1.54) is 24.3 Å². The minimum Gasteiger partial charge on any atom is -0.478 e. The van der Waals surface area contributed by atoms with E-state index in [1.807, 2.05) is 13.8 Å². The molecule has 1 aromatic rings. The van der Waals surface area contributed by atoms with Gasteiger partial charge in [-0.3, -0.25) is 0 Å².